The summed E-state index contributed by atoms with van der Waals surface area (Å²) in [7, 11) is 4.17. The van der Waals surface area contributed by atoms with Gasteiger partial charge in [0.15, 0.2) is 0 Å². The summed E-state index contributed by atoms with van der Waals surface area (Å²) in [5, 5.41) is 6.37. The van der Waals surface area contributed by atoms with Crippen LogP contribution in [-0.4, -0.2) is 51.1 Å². The van der Waals surface area contributed by atoms with Gasteiger partial charge >= 0.3 is 0 Å². The summed E-state index contributed by atoms with van der Waals surface area (Å²) in [6, 6.07) is 0. The Kier molecular flexibility index (Phi) is 20.2. The van der Waals surface area contributed by atoms with Crippen molar-refractivity contribution in [3.8, 4) is 0 Å². The molecular formula is C22H47N3O. The van der Waals surface area contributed by atoms with Crippen molar-refractivity contribution in [3.63, 3.8) is 0 Å². The molecule has 4 heteroatoms. The van der Waals surface area contributed by atoms with Gasteiger partial charge in [-0.15, -0.1) is 0 Å². The second kappa shape index (κ2) is 20.7. The van der Waals surface area contributed by atoms with E-state index in [-0.39, 0.29) is 5.91 Å². The number of carbonyl (C=O) groups is 1. The van der Waals surface area contributed by atoms with Crippen LogP contribution in [0, 0.1) is 0 Å². The minimum atomic E-state index is 0.188. The average molecular weight is 370 g/mol. The number of hydrogen-bond acceptors (Lipinski definition) is 3. The molecule has 0 aromatic rings. The van der Waals surface area contributed by atoms with E-state index in [0.29, 0.717) is 6.42 Å². The number of rotatable bonds is 20. The maximum Gasteiger partial charge on any atom is 0.221 e. The second-order valence-corrected chi connectivity index (χ2v) is 7.90. The van der Waals surface area contributed by atoms with Gasteiger partial charge in [0, 0.05) is 19.5 Å². The van der Waals surface area contributed by atoms with Gasteiger partial charge in [-0.25, -0.2) is 0 Å². The molecule has 2 N–H and O–H groups in total. The number of hydrogen-bond donors (Lipinski definition) is 2. The van der Waals surface area contributed by atoms with Gasteiger partial charge in [0.2, 0.25) is 5.91 Å². The Balaban J connectivity index is 3.14. The van der Waals surface area contributed by atoms with E-state index in [1.54, 1.807) is 0 Å². The summed E-state index contributed by atoms with van der Waals surface area (Å²) in [5.41, 5.74) is 0. The molecule has 4 nitrogen and oxygen atoms in total. The molecule has 0 unspecified atom stereocenters. The fourth-order valence-electron chi connectivity index (χ4n) is 3.13. The highest BCUT2D eigenvalue weighted by atomic mass is 16.1. The lowest BCUT2D eigenvalue weighted by atomic mass is 10.1. The predicted octanol–water partition coefficient (Wildman–Crippen LogP) is 4.74. The summed E-state index contributed by atoms with van der Waals surface area (Å²) in [5.74, 6) is 0.188. The molecule has 0 radical (unpaired) electrons. The van der Waals surface area contributed by atoms with Crippen molar-refractivity contribution in [2.24, 2.45) is 0 Å². The minimum Gasteiger partial charge on any atom is -0.356 e. The van der Waals surface area contributed by atoms with E-state index >= 15 is 0 Å². The first-order valence-electron chi connectivity index (χ1n) is 11.3. The zero-order chi connectivity index (χ0) is 19.3. The molecule has 0 aliphatic carbocycles. The number of unbranched alkanes of at least 4 members (excludes halogenated alkanes) is 11. The molecule has 0 saturated heterocycles. The quantitative estimate of drug-likeness (QED) is 0.305. The Morgan fingerprint density at radius 1 is 0.692 bits per heavy atom. The Labute approximate surface area is 163 Å². The van der Waals surface area contributed by atoms with Crippen LogP contribution in [0.1, 0.15) is 96.8 Å². The maximum atomic E-state index is 11.7. The van der Waals surface area contributed by atoms with Gasteiger partial charge in [-0.05, 0) is 40.0 Å². The van der Waals surface area contributed by atoms with Crippen LogP contribution in [0.2, 0.25) is 0 Å². The highest BCUT2D eigenvalue weighted by Crippen LogP contribution is 2.11. The smallest absolute Gasteiger partial charge is 0.221 e. The van der Waals surface area contributed by atoms with Crippen molar-refractivity contribution in [1.29, 1.82) is 0 Å². The fourth-order valence-corrected chi connectivity index (χ4v) is 3.13. The van der Waals surface area contributed by atoms with E-state index in [9.17, 15) is 4.79 Å². The van der Waals surface area contributed by atoms with Crippen LogP contribution in [0.3, 0.4) is 0 Å². The van der Waals surface area contributed by atoms with Crippen molar-refractivity contribution in [2.75, 3.05) is 40.3 Å². The molecule has 0 rings (SSSR count). The van der Waals surface area contributed by atoms with Gasteiger partial charge < -0.3 is 15.5 Å². The van der Waals surface area contributed by atoms with E-state index in [4.69, 9.17) is 0 Å². The Bertz CT molecular complexity index is 295. The first-order chi connectivity index (χ1) is 12.7. The normalized spacial score (nSPS) is 11.2. The SMILES string of the molecule is CCCCCCCCCCCCCCNC(=O)CCNCCCN(C)C. The van der Waals surface area contributed by atoms with Crippen LogP contribution in [0.25, 0.3) is 0 Å². The minimum absolute atomic E-state index is 0.188. The molecule has 0 spiro atoms. The average Bonchev–Trinajstić information content (AvgIpc) is 2.61. The van der Waals surface area contributed by atoms with E-state index < -0.39 is 0 Å². The first kappa shape index (κ1) is 25.4. The first-order valence-corrected chi connectivity index (χ1v) is 11.3. The monoisotopic (exact) mass is 369 g/mol. The number of amides is 1. The van der Waals surface area contributed by atoms with Crippen LogP contribution in [0.4, 0.5) is 0 Å². The second-order valence-electron chi connectivity index (χ2n) is 7.90. The molecule has 0 aliphatic rings. The largest absolute Gasteiger partial charge is 0.356 e. The molecule has 0 heterocycles. The van der Waals surface area contributed by atoms with Crippen LogP contribution >= 0.6 is 0 Å². The Morgan fingerprint density at radius 3 is 1.77 bits per heavy atom. The Hall–Kier alpha value is -0.610. The highest BCUT2D eigenvalue weighted by Gasteiger charge is 2.00. The van der Waals surface area contributed by atoms with Crippen molar-refractivity contribution in [3.05, 3.63) is 0 Å². The zero-order valence-electron chi connectivity index (χ0n) is 18.1. The van der Waals surface area contributed by atoms with Gasteiger partial charge in [0.05, 0.1) is 0 Å². The molecule has 0 fully saturated rings. The van der Waals surface area contributed by atoms with Crippen molar-refractivity contribution in [1.82, 2.24) is 15.5 Å². The van der Waals surface area contributed by atoms with Gasteiger partial charge in [-0.1, -0.05) is 77.6 Å². The van der Waals surface area contributed by atoms with Crippen LogP contribution < -0.4 is 10.6 Å². The standard InChI is InChI=1S/C22H47N3O/c1-4-5-6-7-8-9-10-11-12-13-14-15-19-24-22(26)17-20-23-18-16-21-25(2)3/h23H,4-21H2,1-3H3,(H,24,26). The van der Waals surface area contributed by atoms with Gasteiger partial charge in [0.1, 0.15) is 0 Å². The lowest BCUT2D eigenvalue weighted by molar-refractivity contribution is -0.121. The summed E-state index contributed by atoms with van der Waals surface area (Å²) in [6.07, 6.45) is 18.0. The topological polar surface area (TPSA) is 44.4 Å². The summed E-state index contributed by atoms with van der Waals surface area (Å²) < 4.78 is 0. The number of nitrogens with one attached hydrogen (secondary N) is 2. The molecule has 26 heavy (non-hydrogen) atoms. The highest BCUT2D eigenvalue weighted by molar-refractivity contribution is 5.75. The van der Waals surface area contributed by atoms with Crippen LogP contribution in [0.15, 0.2) is 0 Å². The molecule has 0 saturated carbocycles. The zero-order valence-corrected chi connectivity index (χ0v) is 18.1. The molecule has 0 atom stereocenters. The van der Waals surface area contributed by atoms with E-state index in [0.717, 1.165) is 39.0 Å². The third-order valence-corrected chi connectivity index (χ3v) is 4.84. The van der Waals surface area contributed by atoms with Crippen LogP contribution in [-0.2, 0) is 4.79 Å². The maximum absolute atomic E-state index is 11.7. The Morgan fingerprint density at radius 2 is 1.23 bits per heavy atom. The van der Waals surface area contributed by atoms with E-state index in [1.165, 1.54) is 70.6 Å². The molecule has 0 bridgehead atoms. The van der Waals surface area contributed by atoms with Gasteiger partial charge in [0.25, 0.3) is 0 Å². The molecule has 0 aromatic heterocycles. The molecule has 156 valence electrons. The number of carbonyl (C=O) groups excluding carboxylic acids is 1. The van der Waals surface area contributed by atoms with E-state index in [2.05, 4.69) is 36.6 Å². The van der Waals surface area contributed by atoms with Crippen molar-refractivity contribution < 1.29 is 4.79 Å². The van der Waals surface area contributed by atoms with Crippen molar-refractivity contribution in [2.45, 2.75) is 96.8 Å². The third-order valence-electron chi connectivity index (χ3n) is 4.84. The summed E-state index contributed by atoms with van der Waals surface area (Å²) in [4.78, 5) is 13.9. The molecule has 0 aliphatic heterocycles. The van der Waals surface area contributed by atoms with E-state index in [1.807, 2.05) is 0 Å². The van der Waals surface area contributed by atoms with Crippen LogP contribution in [0.5, 0.6) is 0 Å². The molecule has 0 aromatic carbocycles. The fraction of sp³-hybridized carbons (Fsp3) is 0.955. The van der Waals surface area contributed by atoms with Crippen molar-refractivity contribution >= 4 is 5.91 Å². The summed E-state index contributed by atoms with van der Waals surface area (Å²) in [6.45, 7) is 5.99. The summed E-state index contributed by atoms with van der Waals surface area (Å²) >= 11 is 0. The third kappa shape index (κ3) is 21.4. The predicted molar refractivity (Wildman–Crippen MR) is 115 cm³/mol. The number of nitrogens with zero attached hydrogens (tertiary/aromatic N) is 1. The van der Waals surface area contributed by atoms with Gasteiger partial charge in [-0.3, -0.25) is 4.79 Å². The van der Waals surface area contributed by atoms with Gasteiger partial charge in [-0.2, -0.15) is 0 Å². The molecular weight excluding hydrogens is 322 g/mol. The molecule has 1 amide bonds. The lowest BCUT2D eigenvalue weighted by Gasteiger charge is -2.10. The lowest BCUT2D eigenvalue weighted by Crippen LogP contribution is -2.29.